The Morgan fingerprint density at radius 1 is 1.30 bits per heavy atom. The second-order valence-corrected chi connectivity index (χ2v) is 5.91. The molecular formula is C15H17ClN2O2. The van der Waals surface area contributed by atoms with E-state index in [-0.39, 0.29) is 0 Å². The molecule has 5 heteroatoms. The maximum absolute atomic E-state index is 12.0. The smallest absolute Gasteiger partial charge is 0.185 e. The normalized spacial score (nSPS) is 12.8. The second-order valence-electron chi connectivity index (χ2n) is 5.55. The lowest BCUT2D eigenvalue weighted by Gasteiger charge is -2.18. The topological polar surface area (TPSA) is 48.2 Å². The first-order chi connectivity index (χ1) is 9.31. The standard InChI is InChI=1S/C15H17ClN2O2/c1-15(2,3)18(19)9-11-7-10-8-12(20-4)5-6-13(10)17-14(11)16/h5-9H,1-4H3/b18-9-. The first-order valence-corrected chi connectivity index (χ1v) is 6.64. The van der Waals surface area contributed by atoms with Crippen molar-refractivity contribution in [2.24, 2.45) is 0 Å². The van der Waals surface area contributed by atoms with Gasteiger partial charge in [-0.05, 0) is 24.3 Å². The fourth-order valence-electron chi connectivity index (χ4n) is 1.68. The van der Waals surface area contributed by atoms with Crippen LogP contribution in [0.15, 0.2) is 24.3 Å². The number of methoxy groups -OCH3 is 1. The lowest BCUT2D eigenvalue weighted by Crippen LogP contribution is -2.29. The van der Waals surface area contributed by atoms with Crippen LogP contribution >= 0.6 is 11.6 Å². The van der Waals surface area contributed by atoms with Gasteiger partial charge in [0.25, 0.3) is 0 Å². The van der Waals surface area contributed by atoms with Gasteiger partial charge >= 0.3 is 0 Å². The molecule has 0 radical (unpaired) electrons. The van der Waals surface area contributed by atoms with Crippen LogP contribution in [-0.2, 0) is 0 Å². The Labute approximate surface area is 123 Å². The third kappa shape index (κ3) is 3.02. The van der Waals surface area contributed by atoms with E-state index in [0.29, 0.717) is 10.7 Å². The lowest BCUT2D eigenvalue weighted by atomic mass is 10.1. The summed E-state index contributed by atoms with van der Waals surface area (Å²) >= 11 is 6.13. The Morgan fingerprint density at radius 3 is 2.60 bits per heavy atom. The molecule has 0 N–H and O–H groups in total. The van der Waals surface area contributed by atoms with Crippen LogP contribution in [0.2, 0.25) is 5.15 Å². The lowest BCUT2D eigenvalue weighted by molar-refractivity contribution is -0.530. The molecule has 2 aromatic rings. The first kappa shape index (κ1) is 14.6. The number of hydrogen-bond acceptors (Lipinski definition) is 3. The minimum absolute atomic E-state index is 0.313. The molecule has 0 unspecified atom stereocenters. The molecule has 0 fully saturated rings. The fourth-order valence-corrected chi connectivity index (χ4v) is 1.88. The van der Waals surface area contributed by atoms with Crippen molar-refractivity contribution in [1.82, 2.24) is 4.98 Å². The van der Waals surface area contributed by atoms with Gasteiger partial charge < -0.3 is 9.94 Å². The van der Waals surface area contributed by atoms with Gasteiger partial charge in [-0.3, -0.25) is 0 Å². The van der Waals surface area contributed by atoms with Gasteiger partial charge in [-0.2, -0.15) is 0 Å². The molecule has 0 aliphatic heterocycles. The minimum Gasteiger partial charge on any atom is -0.623 e. The van der Waals surface area contributed by atoms with Crippen molar-refractivity contribution in [3.05, 3.63) is 40.2 Å². The van der Waals surface area contributed by atoms with Crippen LogP contribution in [-0.4, -0.2) is 28.6 Å². The van der Waals surface area contributed by atoms with E-state index in [4.69, 9.17) is 16.3 Å². The zero-order chi connectivity index (χ0) is 14.9. The molecule has 1 heterocycles. The second kappa shape index (κ2) is 5.29. The predicted molar refractivity (Wildman–Crippen MR) is 81.9 cm³/mol. The van der Waals surface area contributed by atoms with Crippen molar-refractivity contribution in [2.75, 3.05) is 7.11 Å². The number of rotatable bonds is 2. The van der Waals surface area contributed by atoms with Crippen LogP contribution in [0.25, 0.3) is 10.9 Å². The third-order valence-corrected chi connectivity index (χ3v) is 3.22. The quantitative estimate of drug-likeness (QED) is 0.279. The summed E-state index contributed by atoms with van der Waals surface area (Å²) in [6.45, 7) is 5.51. The Balaban J connectivity index is 2.57. The van der Waals surface area contributed by atoms with Crippen molar-refractivity contribution in [1.29, 1.82) is 0 Å². The predicted octanol–water partition coefficient (Wildman–Crippen LogP) is 3.62. The number of halogens is 1. The number of hydroxylamine groups is 1. The molecule has 0 bridgehead atoms. The summed E-state index contributed by atoms with van der Waals surface area (Å²) < 4.78 is 6.06. The van der Waals surface area contributed by atoms with Crippen molar-refractivity contribution in [3.8, 4) is 5.75 Å². The molecule has 0 saturated carbocycles. The molecule has 1 aromatic heterocycles. The molecule has 0 spiro atoms. The van der Waals surface area contributed by atoms with Crippen LogP contribution < -0.4 is 4.74 Å². The summed E-state index contributed by atoms with van der Waals surface area (Å²) in [5, 5.41) is 13.2. The number of ether oxygens (including phenoxy) is 1. The van der Waals surface area contributed by atoms with Crippen LogP contribution in [0.4, 0.5) is 0 Å². The van der Waals surface area contributed by atoms with Gasteiger partial charge in [0.1, 0.15) is 10.9 Å². The Morgan fingerprint density at radius 2 is 2.00 bits per heavy atom. The van der Waals surface area contributed by atoms with Gasteiger partial charge in [0.2, 0.25) is 0 Å². The van der Waals surface area contributed by atoms with Crippen molar-refractivity contribution < 1.29 is 9.48 Å². The Hall–Kier alpha value is -1.81. The highest BCUT2D eigenvalue weighted by atomic mass is 35.5. The Kier molecular flexibility index (Phi) is 3.86. The maximum atomic E-state index is 12.0. The highest BCUT2D eigenvalue weighted by Crippen LogP contribution is 2.23. The maximum Gasteiger partial charge on any atom is 0.185 e. The van der Waals surface area contributed by atoms with E-state index in [1.807, 2.05) is 45.0 Å². The van der Waals surface area contributed by atoms with E-state index in [1.54, 1.807) is 7.11 Å². The number of benzene rings is 1. The highest BCUT2D eigenvalue weighted by molar-refractivity contribution is 6.32. The molecule has 20 heavy (non-hydrogen) atoms. The summed E-state index contributed by atoms with van der Waals surface area (Å²) in [5.74, 6) is 0.738. The van der Waals surface area contributed by atoms with E-state index in [1.165, 1.54) is 6.21 Å². The number of nitrogens with zero attached hydrogens (tertiary/aromatic N) is 2. The summed E-state index contributed by atoms with van der Waals surface area (Å²) in [5.41, 5.74) is 0.839. The number of pyridine rings is 1. The number of aromatic nitrogens is 1. The summed E-state index contributed by atoms with van der Waals surface area (Å²) in [4.78, 5) is 4.30. The first-order valence-electron chi connectivity index (χ1n) is 6.27. The van der Waals surface area contributed by atoms with Crippen molar-refractivity contribution in [3.63, 3.8) is 0 Å². The molecular weight excluding hydrogens is 276 g/mol. The summed E-state index contributed by atoms with van der Waals surface area (Å²) in [7, 11) is 1.61. The van der Waals surface area contributed by atoms with Crippen LogP contribution in [0.5, 0.6) is 5.75 Å². The molecule has 0 aliphatic rings. The molecule has 0 saturated heterocycles. The third-order valence-electron chi connectivity index (χ3n) is 2.92. The Bertz CT molecular complexity index is 675. The molecule has 106 valence electrons. The average molecular weight is 293 g/mol. The van der Waals surface area contributed by atoms with E-state index >= 15 is 0 Å². The van der Waals surface area contributed by atoms with Crippen LogP contribution in [0, 0.1) is 5.21 Å². The van der Waals surface area contributed by atoms with E-state index in [0.717, 1.165) is 21.4 Å². The molecule has 4 nitrogen and oxygen atoms in total. The van der Waals surface area contributed by atoms with Crippen molar-refractivity contribution in [2.45, 2.75) is 26.3 Å². The largest absolute Gasteiger partial charge is 0.623 e. The van der Waals surface area contributed by atoms with Crippen molar-refractivity contribution >= 4 is 28.7 Å². The van der Waals surface area contributed by atoms with E-state index < -0.39 is 5.54 Å². The fraction of sp³-hybridized carbons (Fsp3) is 0.333. The zero-order valence-corrected chi connectivity index (χ0v) is 12.7. The van der Waals surface area contributed by atoms with Crippen LogP contribution in [0.1, 0.15) is 26.3 Å². The van der Waals surface area contributed by atoms with E-state index in [2.05, 4.69) is 4.98 Å². The molecule has 0 amide bonds. The molecule has 1 aromatic carbocycles. The SMILES string of the molecule is COc1ccc2nc(Cl)c(/C=[N+](\[O-])C(C)(C)C)cc2c1. The highest BCUT2D eigenvalue weighted by Gasteiger charge is 2.19. The van der Waals surface area contributed by atoms with E-state index in [9.17, 15) is 5.21 Å². The summed E-state index contributed by atoms with van der Waals surface area (Å²) in [6.07, 6.45) is 1.47. The summed E-state index contributed by atoms with van der Waals surface area (Å²) in [6, 6.07) is 7.36. The molecule has 2 rings (SSSR count). The van der Waals surface area contributed by atoms with Gasteiger partial charge in [-0.1, -0.05) is 11.6 Å². The average Bonchev–Trinajstić information content (AvgIpc) is 2.38. The van der Waals surface area contributed by atoms with Gasteiger partial charge in [-0.15, -0.1) is 0 Å². The number of hydrogen-bond donors (Lipinski definition) is 0. The minimum atomic E-state index is -0.521. The molecule has 0 atom stereocenters. The van der Waals surface area contributed by atoms with Gasteiger partial charge in [0, 0.05) is 26.2 Å². The van der Waals surface area contributed by atoms with Gasteiger partial charge in [0.05, 0.1) is 18.2 Å². The monoisotopic (exact) mass is 292 g/mol. The number of fused-ring (bicyclic) bond motifs is 1. The zero-order valence-electron chi connectivity index (χ0n) is 12.0. The van der Waals surface area contributed by atoms with Gasteiger partial charge in [0.15, 0.2) is 11.8 Å². The van der Waals surface area contributed by atoms with Gasteiger partial charge in [-0.25, -0.2) is 9.72 Å². The molecule has 0 aliphatic carbocycles. The van der Waals surface area contributed by atoms with Crippen LogP contribution in [0.3, 0.4) is 0 Å².